The Balaban J connectivity index is 1.95. The largest absolute Gasteiger partial charge is 0.370 e. The number of nitrogens with two attached hydrogens (primary N) is 1. The van der Waals surface area contributed by atoms with E-state index < -0.39 is 0 Å². The number of carbonyl (C=O) groups excluding carboxylic acids is 1. The lowest BCUT2D eigenvalue weighted by Gasteiger charge is -2.26. The lowest BCUT2D eigenvalue weighted by Crippen LogP contribution is -2.43. The molecule has 1 saturated heterocycles. The lowest BCUT2D eigenvalue weighted by atomic mass is 10.2. The van der Waals surface area contributed by atoms with Crippen molar-refractivity contribution in [2.24, 2.45) is 5.73 Å². The van der Waals surface area contributed by atoms with E-state index in [1.54, 1.807) is 0 Å². The van der Waals surface area contributed by atoms with Crippen LogP contribution in [0.25, 0.3) is 0 Å². The van der Waals surface area contributed by atoms with Gasteiger partial charge in [-0.15, -0.1) is 0 Å². The zero-order chi connectivity index (χ0) is 9.52. The summed E-state index contributed by atoms with van der Waals surface area (Å²) in [5, 5.41) is 3.31. The van der Waals surface area contributed by atoms with Crippen LogP contribution in [0.4, 0.5) is 0 Å². The van der Waals surface area contributed by atoms with Gasteiger partial charge in [0.2, 0.25) is 5.91 Å². The van der Waals surface area contributed by atoms with Gasteiger partial charge in [-0.05, 0) is 19.4 Å². The van der Waals surface area contributed by atoms with E-state index in [9.17, 15) is 4.79 Å². The zero-order valence-corrected chi connectivity index (χ0v) is 8.09. The predicted molar refractivity (Wildman–Crippen MR) is 52.4 cm³/mol. The van der Waals surface area contributed by atoms with Gasteiger partial charge in [-0.1, -0.05) is 0 Å². The topological polar surface area (TPSA) is 58.4 Å². The van der Waals surface area contributed by atoms with Gasteiger partial charge >= 0.3 is 0 Å². The number of amides is 1. The van der Waals surface area contributed by atoms with Gasteiger partial charge in [0.15, 0.2) is 0 Å². The van der Waals surface area contributed by atoms with Crippen LogP contribution in [0.15, 0.2) is 0 Å². The van der Waals surface area contributed by atoms with Gasteiger partial charge in [0.05, 0.1) is 0 Å². The van der Waals surface area contributed by atoms with Crippen molar-refractivity contribution in [2.45, 2.75) is 19.3 Å². The Bertz CT molecular complexity index is 155. The fraction of sp³-hybridized carbons (Fsp3) is 0.889. The van der Waals surface area contributed by atoms with Crippen molar-refractivity contribution in [2.75, 3.05) is 32.7 Å². The highest BCUT2D eigenvalue weighted by Crippen LogP contribution is 1.99. The average molecular weight is 185 g/mol. The standard InChI is InChI=1S/C9H19N3O/c10-9(13)3-1-2-6-12-7-4-11-5-8-12/h11H,1-8H2,(H2,10,13). The molecule has 0 saturated carbocycles. The monoisotopic (exact) mass is 185 g/mol. The summed E-state index contributed by atoms with van der Waals surface area (Å²) in [5.41, 5.74) is 5.05. The van der Waals surface area contributed by atoms with Crippen molar-refractivity contribution in [3.8, 4) is 0 Å². The molecule has 4 nitrogen and oxygen atoms in total. The maximum Gasteiger partial charge on any atom is 0.217 e. The molecule has 1 rings (SSSR count). The Morgan fingerprint density at radius 1 is 1.31 bits per heavy atom. The minimum absolute atomic E-state index is 0.180. The van der Waals surface area contributed by atoms with Crippen LogP contribution in [0, 0.1) is 0 Å². The van der Waals surface area contributed by atoms with E-state index in [1.165, 1.54) is 0 Å². The van der Waals surface area contributed by atoms with Crippen LogP contribution in [0.1, 0.15) is 19.3 Å². The number of rotatable bonds is 5. The summed E-state index contributed by atoms with van der Waals surface area (Å²) < 4.78 is 0. The van der Waals surface area contributed by atoms with E-state index in [1.807, 2.05) is 0 Å². The van der Waals surface area contributed by atoms with E-state index in [0.29, 0.717) is 6.42 Å². The van der Waals surface area contributed by atoms with Crippen LogP contribution in [0.2, 0.25) is 0 Å². The number of nitrogens with one attached hydrogen (secondary N) is 1. The van der Waals surface area contributed by atoms with E-state index >= 15 is 0 Å². The second kappa shape index (κ2) is 5.94. The molecular weight excluding hydrogens is 166 g/mol. The van der Waals surface area contributed by atoms with Crippen molar-refractivity contribution in [3.63, 3.8) is 0 Å². The quantitative estimate of drug-likeness (QED) is 0.570. The lowest BCUT2D eigenvalue weighted by molar-refractivity contribution is -0.118. The number of piperazine rings is 1. The normalized spacial score (nSPS) is 18.8. The Morgan fingerprint density at radius 2 is 2.00 bits per heavy atom. The summed E-state index contributed by atoms with van der Waals surface area (Å²) >= 11 is 0. The molecule has 3 N–H and O–H groups in total. The Hall–Kier alpha value is -0.610. The van der Waals surface area contributed by atoms with Crippen LogP contribution < -0.4 is 11.1 Å². The Kier molecular flexibility index (Phi) is 4.78. The summed E-state index contributed by atoms with van der Waals surface area (Å²) in [7, 11) is 0. The second-order valence-electron chi connectivity index (χ2n) is 3.52. The van der Waals surface area contributed by atoms with Crippen LogP contribution in [-0.2, 0) is 4.79 Å². The number of hydrogen-bond donors (Lipinski definition) is 2. The maximum atomic E-state index is 10.4. The smallest absolute Gasteiger partial charge is 0.217 e. The molecule has 0 bridgehead atoms. The van der Waals surface area contributed by atoms with Gasteiger partial charge in [0.1, 0.15) is 0 Å². The molecular formula is C9H19N3O. The molecule has 0 spiro atoms. The molecule has 76 valence electrons. The molecule has 0 unspecified atom stereocenters. The summed E-state index contributed by atoms with van der Waals surface area (Å²) in [4.78, 5) is 12.9. The van der Waals surface area contributed by atoms with Crippen molar-refractivity contribution in [1.29, 1.82) is 0 Å². The molecule has 0 atom stereocenters. The van der Waals surface area contributed by atoms with Gasteiger partial charge in [0.25, 0.3) is 0 Å². The van der Waals surface area contributed by atoms with Gasteiger partial charge in [-0.2, -0.15) is 0 Å². The van der Waals surface area contributed by atoms with Crippen LogP contribution in [0.5, 0.6) is 0 Å². The van der Waals surface area contributed by atoms with Crippen LogP contribution in [-0.4, -0.2) is 43.5 Å². The van der Waals surface area contributed by atoms with E-state index in [2.05, 4.69) is 10.2 Å². The van der Waals surface area contributed by atoms with Gasteiger partial charge in [-0.25, -0.2) is 0 Å². The van der Waals surface area contributed by atoms with Crippen molar-refractivity contribution in [1.82, 2.24) is 10.2 Å². The first-order valence-electron chi connectivity index (χ1n) is 5.00. The first kappa shape index (κ1) is 10.5. The molecule has 1 aliphatic heterocycles. The number of nitrogens with zero attached hydrogens (tertiary/aromatic N) is 1. The minimum Gasteiger partial charge on any atom is -0.370 e. The first-order valence-corrected chi connectivity index (χ1v) is 5.00. The number of unbranched alkanes of at least 4 members (excludes halogenated alkanes) is 1. The second-order valence-corrected chi connectivity index (χ2v) is 3.52. The van der Waals surface area contributed by atoms with E-state index in [0.717, 1.165) is 45.6 Å². The molecule has 1 aliphatic rings. The molecule has 1 fully saturated rings. The van der Waals surface area contributed by atoms with Gasteiger partial charge in [-0.3, -0.25) is 4.79 Å². The van der Waals surface area contributed by atoms with Crippen LogP contribution in [0.3, 0.4) is 0 Å². The molecule has 1 amide bonds. The van der Waals surface area contributed by atoms with Crippen molar-refractivity contribution >= 4 is 5.91 Å². The summed E-state index contributed by atoms with van der Waals surface area (Å²) in [6.45, 7) is 5.56. The highest BCUT2D eigenvalue weighted by Gasteiger charge is 2.08. The molecule has 0 radical (unpaired) electrons. The van der Waals surface area contributed by atoms with E-state index in [-0.39, 0.29) is 5.91 Å². The third-order valence-electron chi connectivity index (χ3n) is 2.36. The Morgan fingerprint density at radius 3 is 2.62 bits per heavy atom. The predicted octanol–water partition coefficient (Wildman–Crippen LogP) is -0.453. The third kappa shape index (κ3) is 4.85. The summed E-state index contributed by atoms with van der Waals surface area (Å²) in [6, 6.07) is 0. The van der Waals surface area contributed by atoms with Crippen molar-refractivity contribution < 1.29 is 4.79 Å². The van der Waals surface area contributed by atoms with Crippen molar-refractivity contribution in [3.05, 3.63) is 0 Å². The van der Waals surface area contributed by atoms with Gasteiger partial charge in [0, 0.05) is 32.6 Å². The highest BCUT2D eigenvalue weighted by molar-refractivity contribution is 5.73. The average Bonchev–Trinajstić information content (AvgIpc) is 2.14. The third-order valence-corrected chi connectivity index (χ3v) is 2.36. The maximum absolute atomic E-state index is 10.4. The number of hydrogen-bond acceptors (Lipinski definition) is 3. The molecule has 0 aromatic heterocycles. The zero-order valence-electron chi connectivity index (χ0n) is 8.09. The molecule has 13 heavy (non-hydrogen) atoms. The summed E-state index contributed by atoms with van der Waals surface area (Å²) in [6.07, 6.45) is 2.55. The molecule has 0 aromatic rings. The molecule has 0 aliphatic carbocycles. The molecule has 0 aromatic carbocycles. The Labute approximate surface area is 79.5 Å². The molecule has 1 heterocycles. The number of primary amides is 1. The summed E-state index contributed by atoms with van der Waals surface area (Å²) in [5.74, 6) is -0.180. The molecule has 4 heteroatoms. The first-order chi connectivity index (χ1) is 6.29. The van der Waals surface area contributed by atoms with Gasteiger partial charge < -0.3 is 16.0 Å². The van der Waals surface area contributed by atoms with Crippen LogP contribution >= 0.6 is 0 Å². The minimum atomic E-state index is -0.180. The highest BCUT2D eigenvalue weighted by atomic mass is 16.1. The number of carbonyl (C=O) groups is 1. The van der Waals surface area contributed by atoms with E-state index in [4.69, 9.17) is 5.73 Å². The fourth-order valence-electron chi connectivity index (χ4n) is 1.57. The SMILES string of the molecule is NC(=O)CCCCN1CCNCC1. The fourth-order valence-corrected chi connectivity index (χ4v) is 1.57.